The number of carbonyl (C=O) groups excluding carboxylic acids is 1. The van der Waals surface area contributed by atoms with Crippen LogP contribution in [0.1, 0.15) is 28.4 Å². The Morgan fingerprint density at radius 1 is 1.07 bits per heavy atom. The fourth-order valence-electron chi connectivity index (χ4n) is 3.90. The Balaban J connectivity index is 1.82. The van der Waals surface area contributed by atoms with Gasteiger partial charge in [-0.25, -0.2) is 8.42 Å². The SMILES string of the molecule is Cc1cc(-c2cnn(C)c2)ccc1S(=O)(=O)N1C[C@@H](C)C(=O)c2cccc(C)c21. The fourth-order valence-corrected chi connectivity index (χ4v) is 5.75. The molecule has 0 saturated carbocycles. The summed E-state index contributed by atoms with van der Waals surface area (Å²) in [5, 5.41) is 4.18. The summed E-state index contributed by atoms with van der Waals surface area (Å²) >= 11 is 0. The molecule has 29 heavy (non-hydrogen) atoms. The van der Waals surface area contributed by atoms with Crippen LogP contribution in [-0.2, 0) is 17.1 Å². The molecule has 0 N–H and O–H groups in total. The second-order valence-electron chi connectivity index (χ2n) is 7.66. The quantitative estimate of drug-likeness (QED) is 0.661. The molecule has 0 unspecified atom stereocenters. The minimum Gasteiger partial charge on any atom is -0.294 e. The molecule has 1 aliphatic rings. The molecule has 1 aliphatic heterocycles. The van der Waals surface area contributed by atoms with Crippen molar-refractivity contribution in [3.8, 4) is 11.1 Å². The molecule has 6 nitrogen and oxygen atoms in total. The number of Topliss-reactive ketones (excluding diaryl/α,β-unsaturated/α-hetero) is 1. The first-order chi connectivity index (χ1) is 13.7. The third-order valence-electron chi connectivity index (χ3n) is 5.42. The summed E-state index contributed by atoms with van der Waals surface area (Å²) in [6.07, 6.45) is 3.64. The fraction of sp³-hybridized carbons (Fsp3) is 0.273. The Hall–Kier alpha value is -2.93. The van der Waals surface area contributed by atoms with Crippen molar-refractivity contribution in [2.75, 3.05) is 10.8 Å². The minimum atomic E-state index is -3.82. The van der Waals surface area contributed by atoms with Crippen LogP contribution in [0, 0.1) is 19.8 Å². The van der Waals surface area contributed by atoms with Crippen LogP contribution >= 0.6 is 0 Å². The van der Waals surface area contributed by atoms with E-state index >= 15 is 0 Å². The van der Waals surface area contributed by atoms with Gasteiger partial charge in [-0.05, 0) is 48.7 Å². The summed E-state index contributed by atoms with van der Waals surface area (Å²) in [4.78, 5) is 12.9. The lowest BCUT2D eigenvalue weighted by Crippen LogP contribution is -2.42. The third-order valence-corrected chi connectivity index (χ3v) is 7.35. The van der Waals surface area contributed by atoms with Gasteiger partial charge in [-0.2, -0.15) is 5.10 Å². The summed E-state index contributed by atoms with van der Waals surface area (Å²) in [6, 6.07) is 10.6. The number of benzene rings is 2. The number of rotatable bonds is 3. The Kier molecular flexibility index (Phi) is 4.58. The summed E-state index contributed by atoms with van der Waals surface area (Å²) in [6.45, 7) is 5.55. The van der Waals surface area contributed by atoms with Gasteiger partial charge in [0.15, 0.2) is 5.78 Å². The van der Waals surface area contributed by atoms with Crippen LogP contribution in [0.4, 0.5) is 5.69 Å². The molecule has 3 aromatic rings. The van der Waals surface area contributed by atoms with E-state index in [0.717, 1.165) is 16.7 Å². The highest BCUT2D eigenvalue weighted by Crippen LogP contribution is 2.37. The highest BCUT2D eigenvalue weighted by atomic mass is 32.2. The Labute approximate surface area is 170 Å². The lowest BCUT2D eigenvalue weighted by molar-refractivity contribution is 0.0929. The van der Waals surface area contributed by atoms with Gasteiger partial charge >= 0.3 is 0 Å². The number of carbonyl (C=O) groups is 1. The van der Waals surface area contributed by atoms with Gasteiger partial charge in [0.25, 0.3) is 10.0 Å². The van der Waals surface area contributed by atoms with E-state index in [4.69, 9.17) is 0 Å². The average molecular weight is 410 g/mol. The summed E-state index contributed by atoms with van der Waals surface area (Å²) in [5.41, 5.74) is 4.23. The van der Waals surface area contributed by atoms with Crippen molar-refractivity contribution in [3.63, 3.8) is 0 Å². The molecule has 1 aromatic heterocycles. The predicted molar refractivity (Wildman–Crippen MR) is 113 cm³/mol. The summed E-state index contributed by atoms with van der Waals surface area (Å²) in [5.74, 6) is -0.409. The number of sulfonamides is 1. The number of fused-ring (bicyclic) bond motifs is 1. The first-order valence-electron chi connectivity index (χ1n) is 9.46. The van der Waals surface area contributed by atoms with Crippen molar-refractivity contribution >= 4 is 21.5 Å². The Morgan fingerprint density at radius 2 is 1.83 bits per heavy atom. The molecule has 1 atom stereocenters. The van der Waals surface area contributed by atoms with Gasteiger partial charge in [0, 0.05) is 36.8 Å². The highest BCUT2D eigenvalue weighted by Gasteiger charge is 2.37. The van der Waals surface area contributed by atoms with Gasteiger partial charge < -0.3 is 0 Å². The second-order valence-corrected chi connectivity index (χ2v) is 9.49. The van der Waals surface area contributed by atoms with E-state index in [1.807, 2.05) is 32.3 Å². The van der Waals surface area contributed by atoms with Crippen molar-refractivity contribution in [2.24, 2.45) is 13.0 Å². The minimum absolute atomic E-state index is 0.0150. The van der Waals surface area contributed by atoms with Gasteiger partial charge in [-0.3, -0.25) is 13.8 Å². The van der Waals surface area contributed by atoms with E-state index in [9.17, 15) is 13.2 Å². The largest absolute Gasteiger partial charge is 0.294 e. The molecule has 7 heteroatoms. The topological polar surface area (TPSA) is 72.3 Å². The van der Waals surface area contributed by atoms with E-state index < -0.39 is 15.9 Å². The maximum absolute atomic E-state index is 13.6. The standard InChI is InChI=1S/C22H23N3O3S/c1-14-6-5-7-19-21(14)25(12-16(3)22(19)26)29(27,28)20-9-8-17(10-15(20)2)18-11-23-24(4)13-18/h5-11,13,16H,12H2,1-4H3/t16-/m1/s1. The van der Waals surface area contributed by atoms with E-state index in [1.165, 1.54) is 4.31 Å². The van der Waals surface area contributed by atoms with Crippen LogP contribution in [0.2, 0.25) is 0 Å². The van der Waals surface area contributed by atoms with E-state index in [1.54, 1.807) is 49.0 Å². The van der Waals surface area contributed by atoms with Crippen LogP contribution in [0.3, 0.4) is 0 Å². The molecule has 4 rings (SSSR count). The molecule has 0 aliphatic carbocycles. The maximum Gasteiger partial charge on any atom is 0.264 e. The predicted octanol–water partition coefficient (Wildman–Crippen LogP) is 3.73. The molecule has 0 bridgehead atoms. The molecule has 0 fully saturated rings. The van der Waals surface area contributed by atoms with Crippen molar-refractivity contribution in [3.05, 3.63) is 65.5 Å². The van der Waals surface area contributed by atoms with Crippen molar-refractivity contribution in [2.45, 2.75) is 25.7 Å². The van der Waals surface area contributed by atoms with Crippen molar-refractivity contribution < 1.29 is 13.2 Å². The third kappa shape index (κ3) is 3.15. The van der Waals surface area contributed by atoms with Gasteiger partial charge in [0.05, 0.1) is 16.8 Å². The average Bonchev–Trinajstić information content (AvgIpc) is 3.11. The zero-order chi connectivity index (χ0) is 20.9. The molecule has 150 valence electrons. The van der Waals surface area contributed by atoms with E-state index in [-0.39, 0.29) is 17.2 Å². The number of para-hydroxylation sites is 1. The number of hydrogen-bond donors (Lipinski definition) is 0. The Morgan fingerprint density at radius 3 is 2.48 bits per heavy atom. The van der Waals surface area contributed by atoms with Crippen LogP contribution < -0.4 is 4.31 Å². The lowest BCUT2D eigenvalue weighted by atomic mass is 9.92. The van der Waals surface area contributed by atoms with E-state index in [0.29, 0.717) is 16.8 Å². The first kappa shape index (κ1) is 19.4. The molecule has 0 saturated heterocycles. The van der Waals surface area contributed by atoms with E-state index in [2.05, 4.69) is 5.10 Å². The van der Waals surface area contributed by atoms with Gasteiger partial charge in [0.2, 0.25) is 0 Å². The van der Waals surface area contributed by atoms with Crippen molar-refractivity contribution in [1.82, 2.24) is 9.78 Å². The number of aromatic nitrogens is 2. The second kappa shape index (κ2) is 6.84. The van der Waals surface area contributed by atoms with Crippen LogP contribution in [-0.4, -0.2) is 30.5 Å². The molecule has 2 aromatic carbocycles. The molecular formula is C22H23N3O3S. The van der Waals surface area contributed by atoms with Crippen molar-refractivity contribution in [1.29, 1.82) is 0 Å². The van der Waals surface area contributed by atoms with Crippen LogP contribution in [0.25, 0.3) is 11.1 Å². The number of aryl methyl sites for hydroxylation is 3. The Bertz CT molecular complexity index is 1230. The summed E-state index contributed by atoms with van der Waals surface area (Å²) in [7, 11) is -1.98. The molecule has 0 radical (unpaired) electrons. The molecular weight excluding hydrogens is 386 g/mol. The monoisotopic (exact) mass is 409 g/mol. The molecule has 0 spiro atoms. The summed E-state index contributed by atoms with van der Waals surface area (Å²) < 4.78 is 30.4. The van der Waals surface area contributed by atoms with Crippen LogP contribution in [0.5, 0.6) is 0 Å². The van der Waals surface area contributed by atoms with Gasteiger partial charge in [-0.15, -0.1) is 0 Å². The normalized spacial score (nSPS) is 16.8. The maximum atomic E-state index is 13.6. The first-order valence-corrected chi connectivity index (χ1v) is 10.9. The highest BCUT2D eigenvalue weighted by molar-refractivity contribution is 7.93. The van der Waals surface area contributed by atoms with Crippen LogP contribution in [0.15, 0.2) is 53.7 Å². The molecule has 2 heterocycles. The number of ketones is 1. The lowest BCUT2D eigenvalue weighted by Gasteiger charge is -2.34. The smallest absolute Gasteiger partial charge is 0.264 e. The number of hydrogen-bond acceptors (Lipinski definition) is 4. The number of nitrogens with zero attached hydrogens (tertiary/aromatic N) is 3. The van der Waals surface area contributed by atoms with Gasteiger partial charge in [-0.1, -0.05) is 25.1 Å². The number of anilines is 1. The zero-order valence-electron chi connectivity index (χ0n) is 16.9. The molecule has 0 amide bonds. The van der Waals surface area contributed by atoms with Gasteiger partial charge in [0.1, 0.15) is 0 Å². The zero-order valence-corrected chi connectivity index (χ0v) is 17.7.